The molecule has 2 nitrogen and oxygen atoms in total. The molecule has 0 bridgehead atoms. The average Bonchev–Trinajstić information content (AvgIpc) is 2.86. The maximum absolute atomic E-state index is 4.48. The molecule has 17 heavy (non-hydrogen) atoms. The largest absolute Gasteiger partial charge is 0.308 e. The van der Waals surface area contributed by atoms with Crippen molar-refractivity contribution in [2.45, 2.75) is 39.3 Å². The molecule has 0 spiro atoms. The summed E-state index contributed by atoms with van der Waals surface area (Å²) in [4.78, 5) is 5.79. The van der Waals surface area contributed by atoms with E-state index in [2.05, 4.69) is 47.9 Å². The first-order valence-corrected chi connectivity index (χ1v) is 7.48. The topological polar surface area (TPSA) is 24.9 Å². The second-order valence-electron chi connectivity index (χ2n) is 5.12. The van der Waals surface area contributed by atoms with Crippen LogP contribution in [0.1, 0.15) is 36.2 Å². The minimum Gasteiger partial charge on any atom is -0.308 e. The van der Waals surface area contributed by atoms with Crippen molar-refractivity contribution >= 4 is 22.7 Å². The Labute approximate surface area is 111 Å². The molecule has 0 aromatic carbocycles. The predicted octanol–water partition coefficient (Wildman–Crippen LogP) is 3.79. The van der Waals surface area contributed by atoms with E-state index < -0.39 is 0 Å². The van der Waals surface area contributed by atoms with Crippen molar-refractivity contribution in [3.63, 3.8) is 0 Å². The highest BCUT2D eigenvalue weighted by atomic mass is 32.1. The first kappa shape index (κ1) is 12.7. The van der Waals surface area contributed by atoms with Gasteiger partial charge in [-0.3, -0.25) is 0 Å². The SMILES string of the molecule is CC(C)(C)c1ncc(CNCc2ccsc2)s1. The highest BCUT2D eigenvalue weighted by Gasteiger charge is 2.17. The van der Waals surface area contributed by atoms with Crippen molar-refractivity contribution in [2.24, 2.45) is 0 Å². The number of thiophene rings is 1. The van der Waals surface area contributed by atoms with Crippen LogP contribution in [0.4, 0.5) is 0 Å². The van der Waals surface area contributed by atoms with Crippen molar-refractivity contribution in [1.82, 2.24) is 10.3 Å². The third-order valence-corrected chi connectivity index (χ3v) is 4.56. The highest BCUT2D eigenvalue weighted by molar-refractivity contribution is 7.11. The fraction of sp³-hybridized carbons (Fsp3) is 0.462. The van der Waals surface area contributed by atoms with Gasteiger partial charge in [-0.05, 0) is 22.4 Å². The molecule has 0 aliphatic carbocycles. The molecule has 4 heteroatoms. The molecule has 1 N–H and O–H groups in total. The summed E-state index contributed by atoms with van der Waals surface area (Å²) in [5, 5.41) is 8.95. The Kier molecular flexibility index (Phi) is 3.97. The second-order valence-corrected chi connectivity index (χ2v) is 7.01. The number of nitrogens with one attached hydrogen (secondary N) is 1. The molecule has 0 radical (unpaired) electrons. The monoisotopic (exact) mass is 266 g/mol. The van der Waals surface area contributed by atoms with Crippen LogP contribution in [0.25, 0.3) is 0 Å². The van der Waals surface area contributed by atoms with Crippen LogP contribution in [-0.4, -0.2) is 4.98 Å². The van der Waals surface area contributed by atoms with Crippen LogP contribution in [0.5, 0.6) is 0 Å². The summed E-state index contributed by atoms with van der Waals surface area (Å²) in [6, 6.07) is 2.16. The average molecular weight is 266 g/mol. The quantitative estimate of drug-likeness (QED) is 0.910. The highest BCUT2D eigenvalue weighted by Crippen LogP contribution is 2.26. The van der Waals surface area contributed by atoms with Crippen molar-refractivity contribution in [3.05, 3.63) is 38.5 Å². The molecule has 92 valence electrons. The fourth-order valence-corrected chi connectivity index (χ4v) is 3.07. The molecule has 0 unspecified atom stereocenters. The maximum Gasteiger partial charge on any atom is 0.0981 e. The molecule has 2 heterocycles. The van der Waals surface area contributed by atoms with Gasteiger partial charge in [-0.25, -0.2) is 4.98 Å². The molecule has 0 aliphatic heterocycles. The van der Waals surface area contributed by atoms with Crippen LogP contribution in [0.15, 0.2) is 23.0 Å². The van der Waals surface area contributed by atoms with Gasteiger partial charge < -0.3 is 5.32 Å². The lowest BCUT2D eigenvalue weighted by atomic mass is 9.98. The molecule has 2 aromatic rings. The van der Waals surface area contributed by atoms with Gasteiger partial charge in [0.05, 0.1) is 5.01 Å². The molecule has 0 fully saturated rings. The van der Waals surface area contributed by atoms with Gasteiger partial charge in [-0.15, -0.1) is 11.3 Å². The third kappa shape index (κ3) is 3.63. The summed E-state index contributed by atoms with van der Waals surface area (Å²) in [5.74, 6) is 0. The van der Waals surface area contributed by atoms with E-state index in [0.29, 0.717) is 0 Å². The Morgan fingerprint density at radius 3 is 2.71 bits per heavy atom. The Bertz CT molecular complexity index is 452. The number of nitrogens with zero attached hydrogens (tertiary/aromatic N) is 1. The lowest BCUT2D eigenvalue weighted by Crippen LogP contribution is -2.11. The van der Waals surface area contributed by atoms with E-state index in [1.54, 1.807) is 22.7 Å². The van der Waals surface area contributed by atoms with E-state index in [1.165, 1.54) is 15.4 Å². The summed E-state index contributed by atoms with van der Waals surface area (Å²) in [5.41, 5.74) is 1.52. The van der Waals surface area contributed by atoms with Gasteiger partial charge in [0.2, 0.25) is 0 Å². The van der Waals surface area contributed by atoms with Crippen molar-refractivity contribution in [3.8, 4) is 0 Å². The van der Waals surface area contributed by atoms with Gasteiger partial charge in [0.25, 0.3) is 0 Å². The van der Waals surface area contributed by atoms with E-state index in [-0.39, 0.29) is 5.41 Å². The molecule has 0 saturated heterocycles. The van der Waals surface area contributed by atoms with Crippen LogP contribution < -0.4 is 5.32 Å². The molecule has 0 atom stereocenters. The lowest BCUT2D eigenvalue weighted by molar-refractivity contribution is 0.585. The summed E-state index contributed by atoms with van der Waals surface area (Å²) in [6.07, 6.45) is 1.99. The molecule has 0 amide bonds. The Balaban J connectivity index is 1.85. The smallest absolute Gasteiger partial charge is 0.0981 e. The van der Waals surface area contributed by atoms with Crippen LogP contribution >= 0.6 is 22.7 Å². The summed E-state index contributed by atoms with van der Waals surface area (Å²) >= 11 is 3.55. The number of hydrogen-bond donors (Lipinski definition) is 1. The van der Waals surface area contributed by atoms with Crippen molar-refractivity contribution < 1.29 is 0 Å². The molecule has 0 saturated carbocycles. The van der Waals surface area contributed by atoms with Crippen LogP contribution in [0.3, 0.4) is 0 Å². The number of thiazole rings is 1. The Morgan fingerprint density at radius 1 is 1.29 bits per heavy atom. The molecule has 2 aromatic heterocycles. The van der Waals surface area contributed by atoms with E-state index >= 15 is 0 Å². The van der Waals surface area contributed by atoms with Crippen molar-refractivity contribution in [1.29, 1.82) is 0 Å². The third-order valence-electron chi connectivity index (χ3n) is 2.40. The Morgan fingerprint density at radius 2 is 2.12 bits per heavy atom. The maximum atomic E-state index is 4.48. The normalized spacial score (nSPS) is 11.9. The van der Waals surface area contributed by atoms with Crippen LogP contribution in [-0.2, 0) is 18.5 Å². The first-order valence-electron chi connectivity index (χ1n) is 5.73. The van der Waals surface area contributed by atoms with Gasteiger partial charge in [0.15, 0.2) is 0 Å². The van der Waals surface area contributed by atoms with Gasteiger partial charge >= 0.3 is 0 Å². The number of hydrogen-bond acceptors (Lipinski definition) is 4. The minimum atomic E-state index is 0.163. The van der Waals surface area contributed by atoms with Crippen molar-refractivity contribution in [2.75, 3.05) is 0 Å². The molecular formula is C13H18N2S2. The van der Waals surface area contributed by atoms with E-state index in [9.17, 15) is 0 Å². The molecule has 2 rings (SSSR count). The molecular weight excluding hydrogens is 248 g/mol. The van der Waals surface area contributed by atoms with Gasteiger partial charge in [-0.1, -0.05) is 20.8 Å². The summed E-state index contributed by atoms with van der Waals surface area (Å²) in [7, 11) is 0. The number of aromatic nitrogens is 1. The van der Waals surface area contributed by atoms with Crippen LogP contribution in [0.2, 0.25) is 0 Å². The zero-order valence-electron chi connectivity index (χ0n) is 10.5. The summed E-state index contributed by atoms with van der Waals surface area (Å²) < 4.78 is 0. The molecule has 0 aliphatic rings. The number of rotatable bonds is 4. The Hall–Kier alpha value is -0.710. The zero-order chi connectivity index (χ0) is 12.3. The predicted molar refractivity (Wildman–Crippen MR) is 75.7 cm³/mol. The van der Waals surface area contributed by atoms with E-state index in [4.69, 9.17) is 0 Å². The van der Waals surface area contributed by atoms with Gasteiger partial charge in [0.1, 0.15) is 0 Å². The first-order chi connectivity index (χ1) is 8.05. The lowest BCUT2D eigenvalue weighted by Gasteiger charge is -2.13. The summed E-state index contributed by atoms with van der Waals surface area (Å²) in [6.45, 7) is 8.45. The van der Waals surface area contributed by atoms with Gasteiger partial charge in [-0.2, -0.15) is 11.3 Å². The fourth-order valence-electron chi connectivity index (χ4n) is 1.46. The van der Waals surface area contributed by atoms with E-state index in [0.717, 1.165) is 13.1 Å². The zero-order valence-corrected chi connectivity index (χ0v) is 12.1. The minimum absolute atomic E-state index is 0.163. The standard InChI is InChI=1S/C13H18N2S2/c1-13(2,3)12-15-8-11(17-12)7-14-6-10-4-5-16-9-10/h4-5,8-9,14H,6-7H2,1-3H3. The van der Waals surface area contributed by atoms with E-state index in [1.807, 2.05) is 6.20 Å². The van der Waals surface area contributed by atoms with Gasteiger partial charge in [0, 0.05) is 29.6 Å². The van der Waals surface area contributed by atoms with Crippen LogP contribution in [0, 0.1) is 0 Å². The second kappa shape index (κ2) is 5.29.